The lowest BCUT2D eigenvalue weighted by atomic mass is 9.88. The minimum atomic E-state index is -0.231. The van der Waals surface area contributed by atoms with Crippen LogP contribution in [0.1, 0.15) is 209 Å². The zero-order valence-electron chi connectivity index (χ0n) is 35.0. The molecule has 0 radical (unpaired) electrons. The minimum Gasteiger partial charge on any atom is -0.462 e. The highest BCUT2D eigenvalue weighted by atomic mass is 16.7. The van der Waals surface area contributed by atoms with Crippen LogP contribution in [-0.4, -0.2) is 58.6 Å². The van der Waals surface area contributed by atoms with Crippen LogP contribution in [0.25, 0.3) is 0 Å². The van der Waals surface area contributed by atoms with Gasteiger partial charge in [0.05, 0.1) is 24.3 Å². The highest BCUT2D eigenvalue weighted by molar-refractivity contribution is 5.70. The molecule has 2 saturated heterocycles. The highest BCUT2D eigenvalue weighted by Gasteiger charge is 2.41. The van der Waals surface area contributed by atoms with Crippen LogP contribution < -0.4 is 0 Å². The predicted octanol–water partition coefficient (Wildman–Crippen LogP) is 12.1. The maximum Gasteiger partial charge on any atom is 0.306 e. The van der Waals surface area contributed by atoms with Crippen LogP contribution in [0.5, 0.6) is 0 Å². The second kappa shape index (κ2) is 25.9. The van der Waals surface area contributed by atoms with Gasteiger partial charge in [0.2, 0.25) is 0 Å². The van der Waals surface area contributed by atoms with Crippen molar-refractivity contribution in [2.24, 2.45) is 0 Å². The summed E-state index contributed by atoms with van der Waals surface area (Å²) in [6, 6.07) is 0. The fraction of sp³-hybridized carbons (Fsp3) is 0.864. The Morgan fingerprint density at radius 2 is 0.885 bits per heavy atom. The van der Waals surface area contributed by atoms with Gasteiger partial charge in [-0.05, 0) is 67.2 Å². The summed E-state index contributed by atoms with van der Waals surface area (Å²) in [6.45, 7) is 18.7. The Bertz CT molecular complexity index is 971. The van der Waals surface area contributed by atoms with Gasteiger partial charge in [-0.2, -0.15) is 0 Å². The number of allylic oxidation sites excluding steroid dienone is 2. The highest BCUT2D eigenvalue weighted by Crippen LogP contribution is 2.37. The molecule has 2 unspecified atom stereocenters. The average molecular weight is 733 g/mol. The fourth-order valence-corrected chi connectivity index (χ4v) is 7.80. The first-order valence-corrected chi connectivity index (χ1v) is 21.5. The largest absolute Gasteiger partial charge is 0.462 e. The molecule has 8 nitrogen and oxygen atoms in total. The van der Waals surface area contributed by atoms with E-state index in [0.717, 1.165) is 88.8 Å². The van der Waals surface area contributed by atoms with Gasteiger partial charge in [0.25, 0.3) is 0 Å². The van der Waals surface area contributed by atoms with Crippen molar-refractivity contribution in [3.8, 4) is 0 Å². The number of hydrogen-bond acceptors (Lipinski definition) is 8. The van der Waals surface area contributed by atoms with E-state index in [1.165, 1.54) is 64.2 Å². The Labute approximate surface area is 319 Å². The first-order valence-electron chi connectivity index (χ1n) is 21.5. The van der Waals surface area contributed by atoms with Crippen LogP contribution in [0.3, 0.4) is 0 Å². The van der Waals surface area contributed by atoms with Gasteiger partial charge >= 0.3 is 11.9 Å². The van der Waals surface area contributed by atoms with Crippen LogP contribution in [-0.2, 0) is 28.7 Å². The lowest BCUT2D eigenvalue weighted by Crippen LogP contribution is -2.50. The molecule has 0 amide bonds. The van der Waals surface area contributed by atoms with Crippen molar-refractivity contribution in [1.29, 1.82) is 0 Å². The van der Waals surface area contributed by atoms with Gasteiger partial charge in [0.1, 0.15) is 12.2 Å². The molecular weight excluding hydrogens is 652 g/mol. The van der Waals surface area contributed by atoms with Gasteiger partial charge in [0, 0.05) is 49.9 Å². The van der Waals surface area contributed by atoms with Crippen LogP contribution in [0.4, 0.5) is 0 Å². The quantitative estimate of drug-likeness (QED) is 0.0610. The molecular formula is C44H80N2O6. The lowest BCUT2D eigenvalue weighted by Gasteiger charge is -2.46. The number of ether oxygens (including phenoxy) is 2. The number of hydrogen-bond donors (Lipinski definition) is 0. The molecule has 0 aromatic carbocycles. The topological polar surface area (TPSA) is 77.5 Å². The summed E-state index contributed by atoms with van der Waals surface area (Å²) < 4.78 is 11.9. The Kier molecular flexibility index (Phi) is 22.9. The third-order valence-electron chi connectivity index (χ3n) is 10.7. The van der Waals surface area contributed by atoms with Crippen molar-refractivity contribution in [2.45, 2.75) is 233 Å². The van der Waals surface area contributed by atoms with Crippen molar-refractivity contribution in [2.75, 3.05) is 13.2 Å². The summed E-state index contributed by atoms with van der Waals surface area (Å²) in [7, 11) is 0. The van der Waals surface area contributed by atoms with E-state index in [2.05, 4.69) is 63.8 Å². The first kappa shape index (κ1) is 46.1. The Hall–Kier alpha value is -2.06. The van der Waals surface area contributed by atoms with Crippen LogP contribution in [0.15, 0.2) is 23.5 Å². The predicted molar refractivity (Wildman–Crippen MR) is 213 cm³/mol. The van der Waals surface area contributed by atoms with Crippen LogP contribution in [0, 0.1) is 0 Å². The van der Waals surface area contributed by atoms with Crippen LogP contribution >= 0.6 is 0 Å². The Morgan fingerprint density at radius 1 is 0.558 bits per heavy atom. The van der Waals surface area contributed by atoms with Gasteiger partial charge in [0.15, 0.2) is 0 Å². The minimum absolute atomic E-state index is 0.0973. The zero-order chi connectivity index (χ0) is 38.2. The number of unbranched alkanes of at least 4 members (excludes halogenated alkanes) is 15. The summed E-state index contributed by atoms with van der Waals surface area (Å²) >= 11 is 0. The van der Waals surface area contributed by atoms with Crippen molar-refractivity contribution < 1.29 is 28.7 Å². The standard InChI is InChI=1S/C44H80N2O6/c1-9-13-15-17-23-27-31-49-45-37(11-3)33-39(35-43(45,5)6)51-41(47)29-25-21-19-20-22-26-30-42(48)52-40-34-38(12-4)46(44(7,8)36-40)50-32-28-24-18-16-14-10-2/h11-12,39-40H,9-10,13-36H2,1-8H3/b37-11-,38-12+. The van der Waals surface area contributed by atoms with Gasteiger partial charge in [-0.15, -0.1) is 0 Å². The summed E-state index contributed by atoms with van der Waals surface area (Å²) in [6.07, 6.45) is 28.5. The van der Waals surface area contributed by atoms with Gasteiger partial charge in [-0.1, -0.05) is 116 Å². The monoisotopic (exact) mass is 733 g/mol. The van der Waals surface area contributed by atoms with E-state index in [9.17, 15) is 9.59 Å². The molecule has 8 heteroatoms. The second-order valence-corrected chi connectivity index (χ2v) is 16.6. The van der Waals surface area contributed by atoms with Crippen molar-refractivity contribution in [1.82, 2.24) is 10.1 Å². The molecule has 0 aromatic rings. The summed E-state index contributed by atoms with van der Waals surface area (Å²) in [5, 5.41) is 4.14. The maximum atomic E-state index is 12.7. The molecule has 0 bridgehead atoms. The molecule has 0 aromatic heterocycles. The molecule has 52 heavy (non-hydrogen) atoms. The molecule has 2 rings (SSSR count). The normalized spacial score (nSPS) is 21.5. The average Bonchev–Trinajstić information content (AvgIpc) is 3.09. The number of carbonyl (C=O) groups is 2. The second-order valence-electron chi connectivity index (χ2n) is 16.6. The van der Waals surface area contributed by atoms with E-state index < -0.39 is 0 Å². The third kappa shape index (κ3) is 17.8. The maximum absolute atomic E-state index is 12.7. The summed E-state index contributed by atoms with van der Waals surface area (Å²) in [5.41, 5.74) is 1.74. The smallest absolute Gasteiger partial charge is 0.306 e. The molecule has 2 aliphatic rings. The molecule has 2 fully saturated rings. The van der Waals surface area contributed by atoms with Gasteiger partial charge in [-0.25, -0.2) is 0 Å². The molecule has 0 saturated carbocycles. The number of piperidine rings is 2. The van der Waals surface area contributed by atoms with E-state index in [1.807, 2.05) is 13.8 Å². The Balaban J connectivity index is 1.57. The van der Waals surface area contributed by atoms with Crippen molar-refractivity contribution >= 4 is 11.9 Å². The third-order valence-corrected chi connectivity index (χ3v) is 10.7. The zero-order valence-corrected chi connectivity index (χ0v) is 35.0. The van der Waals surface area contributed by atoms with E-state index in [1.54, 1.807) is 0 Å². The molecule has 0 N–H and O–H groups in total. The Morgan fingerprint density at radius 3 is 1.23 bits per heavy atom. The summed E-state index contributed by atoms with van der Waals surface area (Å²) in [4.78, 5) is 38.0. The van der Waals surface area contributed by atoms with Crippen molar-refractivity contribution in [3.05, 3.63) is 23.5 Å². The molecule has 2 atom stereocenters. The summed E-state index contributed by atoms with van der Waals surface area (Å²) in [5.74, 6) is -0.195. The SMILES string of the molecule is C/C=C1/CC(OC(=O)CCCCCCCCC(=O)OC2C/C(=C\C)N(OCCCCCCCC)C(C)(C)C2)CC(C)(C)N1OCCCCCCCC. The number of hydroxylamine groups is 4. The van der Waals surface area contributed by atoms with Gasteiger partial charge in [-0.3, -0.25) is 29.4 Å². The van der Waals surface area contributed by atoms with Crippen molar-refractivity contribution in [3.63, 3.8) is 0 Å². The fourth-order valence-electron chi connectivity index (χ4n) is 7.80. The number of nitrogens with zero attached hydrogens (tertiary/aromatic N) is 2. The first-order chi connectivity index (χ1) is 25.0. The molecule has 302 valence electrons. The number of esters is 2. The number of carbonyl (C=O) groups excluding carboxylic acids is 2. The van der Waals surface area contributed by atoms with E-state index in [0.29, 0.717) is 25.7 Å². The van der Waals surface area contributed by atoms with Gasteiger partial charge < -0.3 is 9.47 Å². The molecule has 2 aliphatic heterocycles. The molecule has 2 heterocycles. The number of rotatable bonds is 27. The van der Waals surface area contributed by atoms with Crippen LogP contribution in [0.2, 0.25) is 0 Å². The van der Waals surface area contributed by atoms with E-state index >= 15 is 0 Å². The lowest BCUT2D eigenvalue weighted by molar-refractivity contribution is -0.216. The van der Waals surface area contributed by atoms with E-state index in [-0.39, 0.29) is 35.2 Å². The molecule has 0 spiro atoms. The van der Waals surface area contributed by atoms with E-state index in [4.69, 9.17) is 19.1 Å². The molecule has 0 aliphatic carbocycles.